The molecule has 2 heterocycles. The van der Waals surface area contributed by atoms with Gasteiger partial charge in [0.05, 0.1) is 11.8 Å². The molecular weight excluding hydrogens is 280 g/mol. The van der Waals surface area contributed by atoms with E-state index in [2.05, 4.69) is 27.1 Å². The molecule has 2 aromatic rings. The van der Waals surface area contributed by atoms with Gasteiger partial charge in [-0.3, -0.25) is 0 Å². The Morgan fingerprint density at radius 2 is 2.18 bits per heavy atom. The average molecular weight is 300 g/mol. The summed E-state index contributed by atoms with van der Waals surface area (Å²) in [6.07, 6.45) is 4.51. The number of furan rings is 1. The smallest absolute Gasteiger partial charge is 0.205 e. The van der Waals surface area contributed by atoms with E-state index in [9.17, 15) is 0 Å². The SMILES string of the molecule is CC(C)ON=C(c1ccoc1C#CC(C)(C)C)n1cncn1. The molecule has 0 spiro atoms. The second-order valence-electron chi connectivity index (χ2n) is 6.07. The molecule has 0 saturated heterocycles. The zero-order chi connectivity index (χ0) is 16.2. The van der Waals surface area contributed by atoms with Gasteiger partial charge in [-0.05, 0) is 46.6 Å². The molecule has 0 unspecified atom stereocenters. The van der Waals surface area contributed by atoms with E-state index in [-0.39, 0.29) is 11.5 Å². The molecule has 0 amide bonds. The third-order valence-electron chi connectivity index (χ3n) is 2.44. The molecule has 0 radical (unpaired) electrons. The van der Waals surface area contributed by atoms with Crippen molar-refractivity contribution < 1.29 is 9.25 Å². The van der Waals surface area contributed by atoms with E-state index in [1.165, 1.54) is 11.0 Å². The Bertz CT molecular complexity index is 695. The minimum absolute atomic E-state index is 0.0467. The molecular formula is C16H20N4O2. The molecule has 2 aromatic heterocycles. The van der Waals surface area contributed by atoms with Crippen LogP contribution < -0.4 is 0 Å². The van der Waals surface area contributed by atoms with Crippen molar-refractivity contribution >= 4 is 5.84 Å². The molecule has 6 heteroatoms. The normalized spacial score (nSPS) is 12.2. The van der Waals surface area contributed by atoms with E-state index in [1.54, 1.807) is 18.7 Å². The largest absolute Gasteiger partial charge is 0.455 e. The minimum Gasteiger partial charge on any atom is -0.455 e. The van der Waals surface area contributed by atoms with Crippen molar-refractivity contribution in [1.29, 1.82) is 0 Å². The number of rotatable bonds is 3. The summed E-state index contributed by atoms with van der Waals surface area (Å²) in [6.45, 7) is 9.92. The summed E-state index contributed by atoms with van der Waals surface area (Å²) in [5.74, 6) is 7.20. The minimum atomic E-state index is -0.122. The molecule has 0 aliphatic rings. The van der Waals surface area contributed by atoms with E-state index >= 15 is 0 Å². The number of hydrogen-bond donors (Lipinski definition) is 0. The Morgan fingerprint density at radius 3 is 2.77 bits per heavy atom. The van der Waals surface area contributed by atoms with Crippen LogP contribution in [0.1, 0.15) is 45.9 Å². The fourth-order valence-corrected chi connectivity index (χ4v) is 1.51. The topological polar surface area (TPSA) is 65.4 Å². The summed E-state index contributed by atoms with van der Waals surface area (Å²) in [6, 6.07) is 1.79. The van der Waals surface area contributed by atoms with Gasteiger partial charge in [-0.15, -0.1) is 0 Å². The number of nitrogens with zero attached hydrogens (tertiary/aromatic N) is 4. The van der Waals surface area contributed by atoms with Crippen LogP contribution in [0.2, 0.25) is 0 Å². The average Bonchev–Trinajstić information content (AvgIpc) is 3.07. The van der Waals surface area contributed by atoms with Crippen LogP contribution in [0.25, 0.3) is 0 Å². The van der Waals surface area contributed by atoms with Gasteiger partial charge in [-0.25, -0.2) is 4.98 Å². The van der Waals surface area contributed by atoms with Gasteiger partial charge in [-0.1, -0.05) is 11.1 Å². The fraction of sp³-hybridized carbons (Fsp3) is 0.438. The lowest BCUT2D eigenvalue weighted by atomic mass is 9.98. The highest BCUT2D eigenvalue weighted by atomic mass is 16.6. The molecule has 6 nitrogen and oxygen atoms in total. The Hall–Kier alpha value is -2.55. The highest BCUT2D eigenvalue weighted by Crippen LogP contribution is 2.15. The highest BCUT2D eigenvalue weighted by molar-refractivity contribution is 6.00. The third-order valence-corrected chi connectivity index (χ3v) is 2.44. The lowest BCUT2D eigenvalue weighted by Gasteiger charge is -2.08. The van der Waals surface area contributed by atoms with Crippen LogP contribution in [-0.2, 0) is 4.84 Å². The van der Waals surface area contributed by atoms with Crippen molar-refractivity contribution in [2.24, 2.45) is 10.6 Å². The maximum absolute atomic E-state index is 5.47. The molecule has 0 atom stereocenters. The van der Waals surface area contributed by atoms with Gasteiger partial charge in [-0.2, -0.15) is 9.78 Å². The van der Waals surface area contributed by atoms with Gasteiger partial charge < -0.3 is 9.25 Å². The predicted molar refractivity (Wildman–Crippen MR) is 83.2 cm³/mol. The molecule has 0 bridgehead atoms. The molecule has 0 N–H and O–H groups in total. The van der Waals surface area contributed by atoms with Gasteiger partial charge >= 0.3 is 0 Å². The summed E-state index contributed by atoms with van der Waals surface area (Å²) in [4.78, 5) is 9.31. The van der Waals surface area contributed by atoms with Crippen molar-refractivity contribution in [1.82, 2.24) is 14.8 Å². The first-order valence-corrected chi connectivity index (χ1v) is 7.06. The summed E-state index contributed by atoms with van der Waals surface area (Å²) < 4.78 is 7.00. The molecule has 0 aromatic carbocycles. The van der Waals surface area contributed by atoms with Crippen LogP contribution in [-0.4, -0.2) is 26.7 Å². The molecule has 0 saturated carbocycles. The van der Waals surface area contributed by atoms with E-state index in [4.69, 9.17) is 9.25 Å². The lowest BCUT2D eigenvalue weighted by Crippen LogP contribution is -2.16. The maximum Gasteiger partial charge on any atom is 0.205 e. The Labute approximate surface area is 130 Å². The van der Waals surface area contributed by atoms with Crippen LogP contribution in [0.3, 0.4) is 0 Å². The zero-order valence-electron chi connectivity index (χ0n) is 13.5. The first-order chi connectivity index (χ1) is 10.4. The first-order valence-electron chi connectivity index (χ1n) is 7.06. The van der Waals surface area contributed by atoms with Crippen molar-refractivity contribution in [3.63, 3.8) is 0 Å². The maximum atomic E-state index is 5.47. The van der Waals surface area contributed by atoms with Crippen LogP contribution in [0.5, 0.6) is 0 Å². The lowest BCUT2D eigenvalue weighted by molar-refractivity contribution is 0.0851. The van der Waals surface area contributed by atoms with Gasteiger partial charge in [0.15, 0.2) is 5.76 Å². The van der Waals surface area contributed by atoms with E-state index in [1.807, 2.05) is 34.6 Å². The highest BCUT2D eigenvalue weighted by Gasteiger charge is 2.16. The summed E-state index contributed by atoms with van der Waals surface area (Å²) in [5.41, 5.74) is 0.589. The fourth-order valence-electron chi connectivity index (χ4n) is 1.51. The summed E-state index contributed by atoms with van der Waals surface area (Å²) in [5, 5.41) is 8.27. The van der Waals surface area contributed by atoms with Crippen molar-refractivity contribution in [2.45, 2.75) is 40.7 Å². The molecule has 0 aliphatic carbocycles. The van der Waals surface area contributed by atoms with Crippen LogP contribution in [0, 0.1) is 17.3 Å². The summed E-state index contributed by atoms with van der Waals surface area (Å²) in [7, 11) is 0. The Kier molecular flexibility index (Phi) is 4.66. The Balaban J connectivity index is 2.43. The van der Waals surface area contributed by atoms with Crippen molar-refractivity contribution in [3.8, 4) is 11.8 Å². The first kappa shape index (κ1) is 15.8. The second kappa shape index (κ2) is 6.48. The van der Waals surface area contributed by atoms with E-state index in [0.29, 0.717) is 17.2 Å². The second-order valence-corrected chi connectivity index (χ2v) is 6.07. The molecule has 22 heavy (non-hydrogen) atoms. The molecule has 2 rings (SSSR count). The van der Waals surface area contributed by atoms with E-state index < -0.39 is 0 Å². The van der Waals surface area contributed by atoms with Crippen molar-refractivity contribution in [2.75, 3.05) is 0 Å². The van der Waals surface area contributed by atoms with Crippen molar-refractivity contribution in [3.05, 3.63) is 36.3 Å². The van der Waals surface area contributed by atoms with Gasteiger partial charge in [0.25, 0.3) is 0 Å². The van der Waals surface area contributed by atoms with Crippen LogP contribution in [0.4, 0.5) is 0 Å². The standard InChI is InChI=1S/C16H20N4O2/c1-12(2)22-19-15(20-11-17-10-18-20)13-7-9-21-14(13)6-8-16(3,4)5/h7,9-12H,1-5H3. The molecule has 116 valence electrons. The van der Waals surface area contributed by atoms with E-state index in [0.717, 1.165) is 0 Å². The third kappa shape index (κ3) is 4.22. The molecule has 0 aliphatic heterocycles. The number of hydrogen-bond acceptors (Lipinski definition) is 5. The number of oxime groups is 1. The quantitative estimate of drug-likeness (QED) is 0.378. The Morgan fingerprint density at radius 1 is 1.41 bits per heavy atom. The monoisotopic (exact) mass is 300 g/mol. The number of aromatic nitrogens is 3. The molecule has 0 fully saturated rings. The van der Waals surface area contributed by atoms with Gasteiger partial charge in [0.2, 0.25) is 5.84 Å². The summed E-state index contributed by atoms with van der Waals surface area (Å²) >= 11 is 0. The predicted octanol–water partition coefficient (Wildman–Crippen LogP) is 2.90. The van der Waals surface area contributed by atoms with Crippen LogP contribution in [0.15, 0.2) is 34.6 Å². The zero-order valence-corrected chi connectivity index (χ0v) is 13.5. The van der Waals surface area contributed by atoms with Gasteiger partial charge in [0.1, 0.15) is 18.8 Å². The van der Waals surface area contributed by atoms with Crippen LogP contribution >= 0.6 is 0 Å². The van der Waals surface area contributed by atoms with Gasteiger partial charge in [0, 0.05) is 5.41 Å².